The van der Waals surface area contributed by atoms with Crippen LogP contribution in [-0.4, -0.2) is 50.2 Å². The lowest BCUT2D eigenvalue weighted by molar-refractivity contribution is -0.131. The summed E-state index contributed by atoms with van der Waals surface area (Å²) in [7, 11) is 0. The summed E-state index contributed by atoms with van der Waals surface area (Å²) in [6.45, 7) is 6.55. The van der Waals surface area contributed by atoms with E-state index in [1.165, 1.54) is 5.56 Å². The fourth-order valence-electron chi connectivity index (χ4n) is 3.93. The van der Waals surface area contributed by atoms with Crippen LogP contribution in [0.4, 0.5) is 0 Å². The Morgan fingerprint density at radius 1 is 1.25 bits per heavy atom. The average molecular weight is 378 g/mol. The number of benzene rings is 1. The van der Waals surface area contributed by atoms with E-state index in [0.717, 1.165) is 35.4 Å². The van der Waals surface area contributed by atoms with Gasteiger partial charge in [-0.15, -0.1) is 0 Å². The predicted octanol–water partition coefficient (Wildman–Crippen LogP) is 2.21. The number of carbonyl (C=O) groups is 1. The zero-order chi connectivity index (χ0) is 19.7. The van der Waals surface area contributed by atoms with Gasteiger partial charge in [0, 0.05) is 37.9 Å². The maximum atomic E-state index is 13.0. The molecule has 0 spiro atoms. The van der Waals surface area contributed by atoms with Crippen LogP contribution in [0.15, 0.2) is 36.7 Å². The Hall–Kier alpha value is -2.80. The highest BCUT2D eigenvalue weighted by atomic mass is 16.2. The molecule has 2 N–H and O–H groups in total. The molecule has 1 aliphatic heterocycles. The van der Waals surface area contributed by atoms with Crippen LogP contribution in [0.3, 0.4) is 0 Å². The average Bonchev–Trinajstić information content (AvgIpc) is 3.33. The number of hydrogen-bond acceptors (Lipinski definition) is 5. The maximum absolute atomic E-state index is 13.0. The molecule has 0 unspecified atom stereocenters. The van der Waals surface area contributed by atoms with E-state index in [4.69, 9.17) is 10.8 Å². The molecule has 1 saturated heterocycles. The van der Waals surface area contributed by atoms with Gasteiger partial charge in [-0.2, -0.15) is 5.10 Å². The van der Waals surface area contributed by atoms with Crippen LogP contribution in [-0.2, 0) is 11.3 Å². The smallest absolute Gasteiger partial charge is 0.229 e. The van der Waals surface area contributed by atoms with Gasteiger partial charge in [0.05, 0.1) is 18.2 Å². The molecule has 0 bridgehead atoms. The summed E-state index contributed by atoms with van der Waals surface area (Å²) in [4.78, 5) is 23.9. The topological polar surface area (TPSA) is 89.9 Å². The second kappa shape index (κ2) is 7.67. The van der Waals surface area contributed by atoms with Crippen LogP contribution in [0.2, 0.25) is 0 Å². The predicted molar refractivity (Wildman–Crippen MR) is 108 cm³/mol. The largest absolute Gasteiger partial charge is 0.341 e. The summed E-state index contributed by atoms with van der Waals surface area (Å²) in [6.07, 6.45) is 4.25. The van der Waals surface area contributed by atoms with Crippen LogP contribution >= 0.6 is 0 Å². The van der Waals surface area contributed by atoms with Crippen LogP contribution in [0, 0.1) is 6.92 Å². The normalized spacial score (nSPS) is 18.0. The van der Waals surface area contributed by atoms with Gasteiger partial charge in [0.15, 0.2) is 5.65 Å². The number of rotatable bonds is 5. The van der Waals surface area contributed by atoms with Crippen LogP contribution < -0.4 is 5.73 Å². The minimum Gasteiger partial charge on any atom is -0.341 e. The summed E-state index contributed by atoms with van der Waals surface area (Å²) in [6, 6.07) is 8.20. The van der Waals surface area contributed by atoms with E-state index in [2.05, 4.69) is 29.0 Å². The molecule has 4 rings (SSSR count). The molecular weight excluding hydrogens is 352 g/mol. The second-order valence-electron chi connectivity index (χ2n) is 7.53. The number of aryl methyl sites for hydroxylation is 1. The zero-order valence-electron chi connectivity index (χ0n) is 16.4. The molecule has 7 nitrogen and oxygen atoms in total. The molecule has 1 aromatic carbocycles. The first-order valence-corrected chi connectivity index (χ1v) is 9.81. The van der Waals surface area contributed by atoms with Gasteiger partial charge >= 0.3 is 0 Å². The van der Waals surface area contributed by atoms with Gasteiger partial charge in [0.2, 0.25) is 5.91 Å². The van der Waals surface area contributed by atoms with Gasteiger partial charge in [-0.1, -0.05) is 29.8 Å². The Morgan fingerprint density at radius 3 is 2.75 bits per heavy atom. The summed E-state index contributed by atoms with van der Waals surface area (Å²) < 4.78 is 1.83. The van der Waals surface area contributed by atoms with Crippen molar-refractivity contribution in [1.82, 2.24) is 24.6 Å². The molecule has 3 heterocycles. The molecule has 2 atom stereocenters. The van der Waals surface area contributed by atoms with E-state index in [1.54, 1.807) is 12.4 Å². The molecule has 1 amide bonds. The van der Waals surface area contributed by atoms with E-state index < -0.39 is 0 Å². The third-order valence-corrected chi connectivity index (χ3v) is 5.57. The van der Waals surface area contributed by atoms with Crippen molar-refractivity contribution in [1.29, 1.82) is 0 Å². The summed E-state index contributed by atoms with van der Waals surface area (Å²) in [5.74, 6) is 0.196. The molecule has 146 valence electrons. The second-order valence-corrected chi connectivity index (χ2v) is 7.53. The van der Waals surface area contributed by atoms with Crippen molar-refractivity contribution in [2.75, 3.05) is 19.6 Å². The lowest BCUT2D eigenvalue weighted by atomic mass is 9.98. The van der Waals surface area contributed by atoms with Crippen LogP contribution in [0.25, 0.3) is 11.2 Å². The number of nitrogens with two attached hydrogens (primary N) is 1. The third-order valence-electron chi connectivity index (χ3n) is 5.57. The Balaban J connectivity index is 1.53. The van der Waals surface area contributed by atoms with Gasteiger partial charge in [-0.25, -0.2) is 14.6 Å². The number of carbonyl (C=O) groups excluding carboxylic acids is 1. The van der Waals surface area contributed by atoms with Gasteiger partial charge in [0.1, 0.15) is 5.52 Å². The third kappa shape index (κ3) is 3.38. The molecule has 0 saturated carbocycles. The first-order valence-electron chi connectivity index (χ1n) is 9.81. The highest BCUT2D eigenvalue weighted by Crippen LogP contribution is 2.32. The first kappa shape index (κ1) is 18.6. The van der Waals surface area contributed by atoms with Crippen molar-refractivity contribution in [2.45, 2.75) is 38.6 Å². The minimum atomic E-state index is -0.148. The lowest BCUT2D eigenvalue weighted by Gasteiger charge is -2.21. The molecule has 1 aliphatic rings. The molecule has 28 heavy (non-hydrogen) atoms. The Labute approximate surface area is 164 Å². The lowest BCUT2D eigenvalue weighted by Crippen LogP contribution is -2.32. The molecule has 0 aliphatic carbocycles. The monoisotopic (exact) mass is 378 g/mol. The van der Waals surface area contributed by atoms with Gasteiger partial charge < -0.3 is 10.6 Å². The van der Waals surface area contributed by atoms with E-state index in [1.807, 2.05) is 28.6 Å². The molecule has 3 aromatic rings. The van der Waals surface area contributed by atoms with Crippen molar-refractivity contribution in [3.05, 3.63) is 53.5 Å². The molecule has 7 heteroatoms. The quantitative estimate of drug-likeness (QED) is 0.735. The fraction of sp³-hybridized carbons (Fsp3) is 0.429. The maximum Gasteiger partial charge on any atom is 0.229 e. The summed E-state index contributed by atoms with van der Waals surface area (Å²) >= 11 is 0. The standard InChI is InChI=1S/C21H26N6O/c1-14-3-5-16(6-4-14)15(2)21(28)26-11-7-17(13-26)18-19-20(24-10-9-23-19)27(25-18)12-8-22/h3-6,9-10,15,17H,7-8,11-13,22H2,1-2H3/t15-,17-/m1/s1. The molecule has 1 fully saturated rings. The fourth-order valence-corrected chi connectivity index (χ4v) is 3.93. The minimum absolute atomic E-state index is 0.148. The SMILES string of the molecule is Cc1ccc([C@@H](C)C(=O)N2CC[C@@H](c3nn(CCN)c4nccnc34)C2)cc1. The Morgan fingerprint density at radius 2 is 2.00 bits per heavy atom. The number of hydrogen-bond donors (Lipinski definition) is 1. The zero-order valence-corrected chi connectivity index (χ0v) is 16.4. The van der Waals surface area contributed by atoms with E-state index in [0.29, 0.717) is 19.6 Å². The molecule has 2 aromatic heterocycles. The van der Waals surface area contributed by atoms with Crippen molar-refractivity contribution in [3.63, 3.8) is 0 Å². The van der Waals surface area contributed by atoms with Gasteiger partial charge in [-0.3, -0.25) is 4.79 Å². The summed E-state index contributed by atoms with van der Waals surface area (Å²) in [5.41, 5.74) is 10.5. The Kier molecular flexibility index (Phi) is 5.09. The first-order chi connectivity index (χ1) is 13.6. The number of amides is 1. The van der Waals surface area contributed by atoms with Gasteiger partial charge in [0.25, 0.3) is 0 Å². The summed E-state index contributed by atoms with van der Waals surface area (Å²) in [5, 5.41) is 4.74. The van der Waals surface area contributed by atoms with E-state index in [9.17, 15) is 4.79 Å². The molecule has 0 radical (unpaired) electrons. The van der Waals surface area contributed by atoms with E-state index >= 15 is 0 Å². The van der Waals surface area contributed by atoms with Crippen molar-refractivity contribution in [3.8, 4) is 0 Å². The number of likely N-dealkylation sites (tertiary alicyclic amines) is 1. The van der Waals surface area contributed by atoms with Crippen molar-refractivity contribution in [2.24, 2.45) is 5.73 Å². The highest BCUT2D eigenvalue weighted by molar-refractivity contribution is 5.84. The number of aromatic nitrogens is 4. The van der Waals surface area contributed by atoms with Crippen LogP contribution in [0.5, 0.6) is 0 Å². The Bertz CT molecular complexity index is 980. The molecular formula is C21H26N6O. The van der Waals surface area contributed by atoms with E-state index in [-0.39, 0.29) is 17.7 Å². The van der Waals surface area contributed by atoms with Crippen molar-refractivity contribution >= 4 is 17.1 Å². The van der Waals surface area contributed by atoms with Crippen LogP contribution in [0.1, 0.15) is 42.0 Å². The highest BCUT2D eigenvalue weighted by Gasteiger charge is 2.33. The van der Waals surface area contributed by atoms with Gasteiger partial charge in [-0.05, 0) is 25.8 Å². The number of fused-ring (bicyclic) bond motifs is 1. The van der Waals surface area contributed by atoms with Crippen molar-refractivity contribution < 1.29 is 4.79 Å². The number of nitrogens with zero attached hydrogens (tertiary/aromatic N) is 5.